The minimum Gasteiger partial charge on any atom is -0.469 e. The summed E-state index contributed by atoms with van der Waals surface area (Å²) in [4.78, 5) is 39.8. The third-order valence-corrected chi connectivity index (χ3v) is 4.32. The summed E-state index contributed by atoms with van der Waals surface area (Å²) < 4.78 is 9.88. The van der Waals surface area contributed by atoms with Crippen molar-refractivity contribution in [2.45, 2.75) is 65.0 Å². The lowest BCUT2D eigenvalue weighted by Gasteiger charge is -2.22. The van der Waals surface area contributed by atoms with Crippen LogP contribution >= 0.6 is 0 Å². The SMILES string of the molecule is COC(=O)CCC(=O)N(CCN=[N+]=[N-])Cc1ccc(CCCC(=O)OC(C)(C)C)cc1. The summed E-state index contributed by atoms with van der Waals surface area (Å²) in [5, 5.41) is 3.49. The van der Waals surface area contributed by atoms with Crippen LogP contribution in [0.2, 0.25) is 0 Å². The smallest absolute Gasteiger partial charge is 0.306 e. The predicted octanol–water partition coefficient (Wildman–Crippen LogP) is 3.94. The molecule has 9 nitrogen and oxygen atoms in total. The number of azide groups is 1. The van der Waals surface area contributed by atoms with Crippen molar-refractivity contribution >= 4 is 17.8 Å². The van der Waals surface area contributed by atoms with Crippen molar-refractivity contribution in [1.29, 1.82) is 0 Å². The van der Waals surface area contributed by atoms with Gasteiger partial charge in [-0.2, -0.15) is 0 Å². The molecule has 0 aliphatic carbocycles. The Morgan fingerprint density at radius 1 is 1.03 bits per heavy atom. The molecule has 0 saturated heterocycles. The van der Waals surface area contributed by atoms with Crippen LogP contribution in [0.1, 0.15) is 57.6 Å². The first kappa shape index (κ1) is 26.0. The van der Waals surface area contributed by atoms with Crippen LogP contribution in [0.25, 0.3) is 10.4 Å². The number of nitrogens with zero attached hydrogens (tertiary/aromatic N) is 4. The highest BCUT2D eigenvalue weighted by Crippen LogP contribution is 2.14. The maximum atomic E-state index is 12.5. The molecule has 0 atom stereocenters. The van der Waals surface area contributed by atoms with E-state index >= 15 is 0 Å². The largest absolute Gasteiger partial charge is 0.469 e. The summed E-state index contributed by atoms with van der Waals surface area (Å²) in [6.45, 7) is 6.31. The summed E-state index contributed by atoms with van der Waals surface area (Å²) in [5.74, 6) is -0.857. The standard InChI is InChI=1S/C22H32N4O5/c1-22(2,3)31-21(29)7-5-6-17-8-10-18(11-9-17)16-26(15-14-24-25-23)19(27)12-13-20(28)30-4/h8-11H,5-7,12-16H2,1-4H3. The highest BCUT2D eigenvalue weighted by molar-refractivity contribution is 5.81. The molecule has 170 valence electrons. The molecule has 0 heterocycles. The molecule has 0 radical (unpaired) electrons. The van der Waals surface area contributed by atoms with Crippen LogP contribution in [0.15, 0.2) is 29.4 Å². The second-order valence-electron chi connectivity index (χ2n) is 8.10. The lowest BCUT2D eigenvalue weighted by molar-refractivity contribution is -0.154. The Balaban J connectivity index is 2.61. The van der Waals surface area contributed by atoms with Crippen LogP contribution in [-0.2, 0) is 36.8 Å². The molecule has 0 saturated carbocycles. The van der Waals surface area contributed by atoms with Crippen molar-refractivity contribution in [3.05, 3.63) is 45.8 Å². The van der Waals surface area contributed by atoms with Gasteiger partial charge in [0.05, 0.1) is 13.5 Å². The fourth-order valence-corrected chi connectivity index (χ4v) is 2.83. The van der Waals surface area contributed by atoms with Gasteiger partial charge >= 0.3 is 11.9 Å². The third kappa shape index (κ3) is 11.6. The Labute approximate surface area is 183 Å². The first-order chi connectivity index (χ1) is 14.6. The second-order valence-corrected chi connectivity index (χ2v) is 8.10. The zero-order valence-electron chi connectivity index (χ0n) is 18.8. The zero-order valence-corrected chi connectivity index (χ0v) is 18.8. The van der Waals surface area contributed by atoms with Crippen LogP contribution in [0.4, 0.5) is 0 Å². The first-order valence-corrected chi connectivity index (χ1v) is 10.3. The van der Waals surface area contributed by atoms with Crippen molar-refractivity contribution in [2.75, 3.05) is 20.2 Å². The molecule has 1 aromatic carbocycles. The summed E-state index contributed by atoms with van der Waals surface area (Å²) in [6.07, 6.45) is 1.84. The minimum absolute atomic E-state index is 0.00391. The van der Waals surface area contributed by atoms with E-state index < -0.39 is 11.6 Å². The summed E-state index contributed by atoms with van der Waals surface area (Å²) in [5.41, 5.74) is 10.0. The van der Waals surface area contributed by atoms with Gasteiger partial charge in [0.2, 0.25) is 5.91 Å². The maximum absolute atomic E-state index is 12.5. The lowest BCUT2D eigenvalue weighted by Crippen LogP contribution is -2.33. The van der Waals surface area contributed by atoms with E-state index in [4.69, 9.17) is 10.3 Å². The fraction of sp³-hybridized carbons (Fsp3) is 0.591. The van der Waals surface area contributed by atoms with Crippen LogP contribution in [0.3, 0.4) is 0 Å². The molecule has 0 N–H and O–H groups in total. The van der Waals surface area contributed by atoms with Crippen molar-refractivity contribution < 1.29 is 23.9 Å². The van der Waals surface area contributed by atoms with Gasteiger partial charge in [0.25, 0.3) is 0 Å². The number of amides is 1. The van der Waals surface area contributed by atoms with Gasteiger partial charge in [-0.05, 0) is 50.3 Å². The molecule has 0 fully saturated rings. The highest BCUT2D eigenvalue weighted by atomic mass is 16.6. The van der Waals surface area contributed by atoms with Gasteiger partial charge in [0.1, 0.15) is 5.60 Å². The maximum Gasteiger partial charge on any atom is 0.306 e. The van der Waals surface area contributed by atoms with Crippen molar-refractivity contribution in [1.82, 2.24) is 4.90 Å². The third-order valence-electron chi connectivity index (χ3n) is 4.32. The van der Waals surface area contributed by atoms with E-state index in [2.05, 4.69) is 14.8 Å². The molecule has 31 heavy (non-hydrogen) atoms. The number of hydrogen-bond acceptors (Lipinski definition) is 6. The van der Waals surface area contributed by atoms with E-state index in [1.54, 1.807) is 4.90 Å². The van der Waals surface area contributed by atoms with Gasteiger partial charge in [-0.1, -0.05) is 29.4 Å². The molecular weight excluding hydrogens is 400 g/mol. The van der Waals surface area contributed by atoms with Crippen LogP contribution < -0.4 is 0 Å². The number of aryl methyl sites for hydroxylation is 1. The van der Waals surface area contributed by atoms with E-state index in [9.17, 15) is 14.4 Å². The van der Waals surface area contributed by atoms with Crippen LogP contribution in [0, 0.1) is 0 Å². The first-order valence-electron chi connectivity index (χ1n) is 10.3. The molecule has 0 aromatic heterocycles. The molecule has 0 aliphatic rings. The normalized spacial score (nSPS) is 10.7. The Kier molecular flexibility index (Phi) is 11.1. The summed E-state index contributed by atoms with van der Waals surface area (Å²) >= 11 is 0. The number of carbonyl (C=O) groups excluding carboxylic acids is 3. The zero-order chi connectivity index (χ0) is 23.3. The van der Waals surface area contributed by atoms with Crippen molar-refractivity contribution in [3.63, 3.8) is 0 Å². The predicted molar refractivity (Wildman–Crippen MR) is 116 cm³/mol. The van der Waals surface area contributed by atoms with Crippen LogP contribution in [0.5, 0.6) is 0 Å². The topological polar surface area (TPSA) is 122 Å². The van der Waals surface area contributed by atoms with Crippen molar-refractivity contribution in [2.24, 2.45) is 5.11 Å². The summed E-state index contributed by atoms with van der Waals surface area (Å²) in [6, 6.07) is 7.79. The number of methoxy groups -OCH3 is 1. The van der Waals surface area contributed by atoms with Gasteiger partial charge in [0.15, 0.2) is 0 Å². The Morgan fingerprint density at radius 3 is 2.26 bits per heavy atom. The highest BCUT2D eigenvalue weighted by Gasteiger charge is 2.17. The van der Waals surface area contributed by atoms with Gasteiger partial charge < -0.3 is 14.4 Å². The van der Waals surface area contributed by atoms with Gasteiger partial charge in [-0.15, -0.1) is 0 Å². The molecule has 9 heteroatoms. The Hall–Kier alpha value is -3.06. The number of carbonyl (C=O) groups is 3. The average molecular weight is 433 g/mol. The number of benzene rings is 1. The van der Waals surface area contributed by atoms with E-state index in [-0.39, 0.29) is 37.8 Å². The van der Waals surface area contributed by atoms with Gasteiger partial charge in [-0.3, -0.25) is 14.4 Å². The second kappa shape index (κ2) is 13.3. The van der Waals surface area contributed by atoms with Gasteiger partial charge in [-0.25, -0.2) is 0 Å². The van der Waals surface area contributed by atoms with Crippen molar-refractivity contribution in [3.8, 4) is 0 Å². The summed E-state index contributed by atoms with van der Waals surface area (Å²) in [7, 11) is 1.28. The average Bonchev–Trinajstić information content (AvgIpc) is 2.71. The Morgan fingerprint density at radius 2 is 1.68 bits per heavy atom. The Bertz CT molecular complexity index is 780. The van der Waals surface area contributed by atoms with E-state index in [0.29, 0.717) is 19.4 Å². The quantitative estimate of drug-likeness (QED) is 0.214. The van der Waals surface area contributed by atoms with E-state index in [1.807, 2.05) is 45.0 Å². The molecular formula is C22H32N4O5. The molecule has 0 spiro atoms. The molecule has 1 aromatic rings. The minimum atomic E-state index is -0.475. The number of rotatable bonds is 12. The van der Waals surface area contributed by atoms with E-state index in [1.165, 1.54) is 7.11 Å². The molecule has 0 aliphatic heterocycles. The van der Waals surface area contributed by atoms with E-state index in [0.717, 1.165) is 17.5 Å². The lowest BCUT2D eigenvalue weighted by atomic mass is 10.1. The van der Waals surface area contributed by atoms with Gasteiger partial charge in [0, 0.05) is 37.4 Å². The fourth-order valence-electron chi connectivity index (χ4n) is 2.83. The molecule has 1 rings (SSSR count). The molecule has 0 unspecified atom stereocenters. The number of hydrogen-bond donors (Lipinski definition) is 0. The van der Waals surface area contributed by atoms with Crippen LogP contribution in [-0.4, -0.2) is 48.5 Å². The monoisotopic (exact) mass is 432 g/mol. The molecule has 1 amide bonds. The number of esters is 2. The number of ether oxygens (including phenoxy) is 2. The molecule has 0 bridgehead atoms.